The lowest BCUT2D eigenvalue weighted by Crippen LogP contribution is -2.27. The fraction of sp³-hybridized carbons (Fsp3) is 0.421. The van der Waals surface area contributed by atoms with Crippen molar-refractivity contribution in [2.45, 2.75) is 41.4 Å². The minimum atomic E-state index is -4.58. The zero-order valence-electron chi connectivity index (χ0n) is 16.3. The lowest BCUT2D eigenvalue weighted by Gasteiger charge is -2.15. The number of fused-ring (bicyclic) bond motifs is 1. The number of nitrogens with one attached hydrogen (secondary N) is 1. The molecule has 11 heteroatoms. The summed E-state index contributed by atoms with van der Waals surface area (Å²) in [6, 6.07) is 4.79. The van der Waals surface area contributed by atoms with Crippen molar-refractivity contribution in [1.29, 1.82) is 0 Å². The van der Waals surface area contributed by atoms with Crippen LogP contribution in [0.1, 0.15) is 18.2 Å². The first-order valence-electron chi connectivity index (χ1n) is 9.09. The van der Waals surface area contributed by atoms with Crippen LogP contribution >= 0.6 is 23.5 Å². The van der Waals surface area contributed by atoms with Crippen LogP contribution in [0.15, 0.2) is 39.1 Å². The zero-order chi connectivity index (χ0) is 21.9. The summed E-state index contributed by atoms with van der Waals surface area (Å²) in [6.07, 6.45) is -3.92. The van der Waals surface area contributed by atoms with Crippen LogP contribution < -0.4 is 10.9 Å². The molecule has 1 aliphatic heterocycles. The van der Waals surface area contributed by atoms with Crippen LogP contribution in [0.5, 0.6) is 0 Å². The molecule has 0 radical (unpaired) electrons. The molecule has 0 bridgehead atoms. The molecule has 0 spiro atoms. The minimum absolute atomic E-state index is 0.184. The second-order valence-electron chi connectivity index (χ2n) is 6.63. The van der Waals surface area contributed by atoms with Crippen molar-refractivity contribution in [1.82, 2.24) is 9.55 Å². The molecule has 1 aromatic carbocycles. The number of aromatic nitrogens is 2. The second kappa shape index (κ2) is 9.44. The predicted octanol–water partition coefficient (Wildman–Crippen LogP) is 3.68. The van der Waals surface area contributed by atoms with Gasteiger partial charge in [-0.3, -0.25) is 14.2 Å². The lowest BCUT2D eigenvalue weighted by molar-refractivity contribution is -0.137. The van der Waals surface area contributed by atoms with Crippen LogP contribution in [-0.4, -0.2) is 40.2 Å². The minimum Gasteiger partial charge on any atom is -0.383 e. The number of nitrogens with zero attached hydrogens (tertiary/aromatic N) is 2. The first-order valence-corrected chi connectivity index (χ1v) is 11.0. The van der Waals surface area contributed by atoms with Crippen molar-refractivity contribution in [3.8, 4) is 0 Å². The first kappa shape index (κ1) is 22.7. The highest BCUT2D eigenvalue weighted by molar-refractivity contribution is 8.00. The van der Waals surface area contributed by atoms with Crippen molar-refractivity contribution in [2.75, 3.05) is 24.8 Å². The molecule has 1 amide bonds. The van der Waals surface area contributed by atoms with Gasteiger partial charge in [0, 0.05) is 18.8 Å². The normalized spacial score (nSPS) is 15.8. The van der Waals surface area contributed by atoms with Gasteiger partial charge >= 0.3 is 6.18 Å². The monoisotopic (exact) mass is 459 g/mol. The molecular formula is C19H20F3N3O3S2. The van der Waals surface area contributed by atoms with Gasteiger partial charge in [-0.25, -0.2) is 4.98 Å². The number of carbonyl (C=O) groups is 1. The molecule has 1 aliphatic rings. The number of methoxy groups -OCH3 is 1. The number of hydrogen-bond donors (Lipinski definition) is 1. The van der Waals surface area contributed by atoms with Gasteiger partial charge in [0.25, 0.3) is 5.56 Å². The number of thioether (sulfide) groups is 2. The topological polar surface area (TPSA) is 73.2 Å². The van der Waals surface area contributed by atoms with Gasteiger partial charge in [-0.15, -0.1) is 11.8 Å². The molecule has 1 aromatic heterocycles. The van der Waals surface area contributed by atoms with E-state index in [0.717, 1.165) is 17.8 Å². The molecule has 0 saturated heterocycles. The maximum Gasteiger partial charge on any atom is 0.418 e. The Balaban J connectivity index is 1.77. The van der Waals surface area contributed by atoms with E-state index < -0.39 is 17.6 Å². The third kappa shape index (κ3) is 5.19. The molecule has 0 unspecified atom stereocenters. The number of alkyl halides is 3. The van der Waals surface area contributed by atoms with E-state index in [0.29, 0.717) is 28.8 Å². The van der Waals surface area contributed by atoms with E-state index in [1.54, 1.807) is 0 Å². The predicted molar refractivity (Wildman–Crippen MR) is 110 cm³/mol. The summed E-state index contributed by atoms with van der Waals surface area (Å²) in [5.74, 6) is -0.805. The van der Waals surface area contributed by atoms with Crippen LogP contribution in [0.4, 0.5) is 18.9 Å². The first-order chi connectivity index (χ1) is 14.2. The van der Waals surface area contributed by atoms with Crippen LogP contribution in [0.2, 0.25) is 0 Å². The number of anilines is 1. The van der Waals surface area contributed by atoms with Crippen LogP contribution in [0, 0.1) is 0 Å². The average Bonchev–Trinajstić information content (AvgIpc) is 3.06. The molecular weight excluding hydrogens is 439 g/mol. The summed E-state index contributed by atoms with van der Waals surface area (Å²) in [6.45, 7) is 2.56. The van der Waals surface area contributed by atoms with Crippen molar-refractivity contribution in [3.05, 3.63) is 45.9 Å². The van der Waals surface area contributed by atoms with E-state index in [4.69, 9.17) is 4.74 Å². The Bertz CT molecular complexity index is 995. The second-order valence-corrected chi connectivity index (χ2v) is 9.02. The molecule has 0 fully saturated rings. The largest absolute Gasteiger partial charge is 0.418 e. The van der Waals surface area contributed by atoms with Gasteiger partial charge in [-0.2, -0.15) is 13.2 Å². The van der Waals surface area contributed by atoms with E-state index in [1.807, 2.05) is 6.92 Å². The number of ether oxygens (including phenoxy) is 1. The fourth-order valence-corrected chi connectivity index (χ4v) is 4.93. The van der Waals surface area contributed by atoms with Crippen molar-refractivity contribution >= 4 is 35.1 Å². The van der Waals surface area contributed by atoms with Crippen molar-refractivity contribution in [2.24, 2.45) is 0 Å². The van der Waals surface area contributed by atoms with E-state index in [-0.39, 0.29) is 28.8 Å². The smallest absolute Gasteiger partial charge is 0.383 e. The van der Waals surface area contributed by atoms with Gasteiger partial charge in [-0.1, -0.05) is 30.8 Å². The number of halogens is 3. The molecule has 30 heavy (non-hydrogen) atoms. The summed E-state index contributed by atoms with van der Waals surface area (Å²) in [4.78, 5) is 30.3. The number of rotatable bonds is 7. The van der Waals surface area contributed by atoms with Crippen LogP contribution in [0.3, 0.4) is 0 Å². The van der Waals surface area contributed by atoms with Gasteiger partial charge in [0.15, 0.2) is 5.16 Å². The van der Waals surface area contributed by atoms with Gasteiger partial charge in [0.2, 0.25) is 5.91 Å². The molecule has 3 rings (SSSR count). The average molecular weight is 460 g/mol. The van der Waals surface area contributed by atoms with Crippen molar-refractivity contribution < 1.29 is 22.7 Å². The number of hydrogen-bond acceptors (Lipinski definition) is 6. The maximum atomic E-state index is 13.1. The molecule has 162 valence electrons. The van der Waals surface area contributed by atoms with E-state index in [1.165, 1.54) is 41.6 Å². The Labute approximate surface area is 179 Å². The Hall–Kier alpha value is -1.98. The molecule has 1 atom stereocenters. The molecule has 6 nitrogen and oxygen atoms in total. The molecule has 1 N–H and O–H groups in total. The molecule has 2 aromatic rings. The third-order valence-corrected chi connectivity index (χ3v) is 6.51. The SMILES string of the molecule is COCCn1c(SCC(=O)Nc2ccccc2C(F)(F)F)nc2c(c1=O)S[C@H](C)C2. The van der Waals surface area contributed by atoms with E-state index in [2.05, 4.69) is 10.3 Å². The quantitative estimate of drug-likeness (QED) is 0.503. The zero-order valence-corrected chi connectivity index (χ0v) is 17.9. The van der Waals surface area contributed by atoms with E-state index >= 15 is 0 Å². The fourth-order valence-electron chi connectivity index (χ4n) is 2.98. The maximum absolute atomic E-state index is 13.1. The molecule has 0 aliphatic carbocycles. The molecule has 2 heterocycles. The Morgan fingerprint density at radius 2 is 2.13 bits per heavy atom. The Kier molecular flexibility index (Phi) is 7.14. The summed E-state index contributed by atoms with van der Waals surface area (Å²) < 4.78 is 45.8. The standard InChI is InChI=1S/C19H20F3N3O3S2/c1-11-9-14-16(30-11)17(27)25(7-8-28-2)18(24-14)29-10-15(26)23-13-6-4-3-5-12(13)19(20,21)22/h3-6,11H,7-10H2,1-2H3,(H,23,26)/t11-/m1/s1. The van der Waals surface area contributed by atoms with Gasteiger partial charge in [-0.05, 0) is 12.1 Å². The van der Waals surface area contributed by atoms with Crippen LogP contribution in [-0.2, 0) is 28.7 Å². The lowest BCUT2D eigenvalue weighted by atomic mass is 10.1. The van der Waals surface area contributed by atoms with Gasteiger partial charge in [0.1, 0.15) is 0 Å². The van der Waals surface area contributed by atoms with E-state index in [9.17, 15) is 22.8 Å². The Morgan fingerprint density at radius 3 is 2.83 bits per heavy atom. The number of benzene rings is 1. The van der Waals surface area contributed by atoms with Gasteiger partial charge in [0.05, 0.1) is 40.7 Å². The summed E-state index contributed by atoms with van der Waals surface area (Å²) in [5, 5.41) is 2.89. The molecule has 0 saturated carbocycles. The highest BCUT2D eigenvalue weighted by Gasteiger charge is 2.33. The number of para-hydroxylation sites is 1. The third-order valence-electron chi connectivity index (χ3n) is 4.32. The number of carbonyl (C=O) groups excluding carboxylic acids is 1. The van der Waals surface area contributed by atoms with Crippen molar-refractivity contribution in [3.63, 3.8) is 0 Å². The summed E-state index contributed by atoms with van der Waals surface area (Å²) in [5.41, 5.74) is -0.713. The number of amides is 1. The summed E-state index contributed by atoms with van der Waals surface area (Å²) in [7, 11) is 1.51. The van der Waals surface area contributed by atoms with Gasteiger partial charge < -0.3 is 10.1 Å². The van der Waals surface area contributed by atoms with Crippen LogP contribution in [0.25, 0.3) is 0 Å². The Morgan fingerprint density at radius 1 is 1.40 bits per heavy atom. The highest BCUT2D eigenvalue weighted by Crippen LogP contribution is 2.35. The summed E-state index contributed by atoms with van der Waals surface area (Å²) >= 11 is 2.49. The highest BCUT2D eigenvalue weighted by atomic mass is 32.2.